The molecule has 0 unspecified atom stereocenters. The number of nitrogens with zero attached hydrogens (tertiary/aromatic N) is 2. The summed E-state index contributed by atoms with van der Waals surface area (Å²) in [5.41, 5.74) is 2.01. The number of amides is 1. The Balaban J connectivity index is 2.14. The van der Waals surface area contributed by atoms with Crippen molar-refractivity contribution in [2.45, 2.75) is 6.92 Å². The lowest BCUT2D eigenvalue weighted by Gasteiger charge is -2.04. The summed E-state index contributed by atoms with van der Waals surface area (Å²) in [4.78, 5) is 19.7. The first kappa shape index (κ1) is 11.5. The smallest absolute Gasteiger partial charge is 0.255 e. The molecule has 0 aliphatic rings. The zero-order valence-corrected chi connectivity index (χ0v) is 9.90. The van der Waals surface area contributed by atoms with Crippen LogP contribution in [0.1, 0.15) is 16.1 Å². The predicted octanol–water partition coefficient (Wildman–Crippen LogP) is 2.69. The third kappa shape index (κ3) is 3.01. The maximum absolute atomic E-state index is 11.8. The van der Waals surface area contributed by atoms with E-state index in [0.29, 0.717) is 16.4 Å². The summed E-state index contributed by atoms with van der Waals surface area (Å²) in [7, 11) is 0. The fourth-order valence-corrected chi connectivity index (χ4v) is 1.46. The lowest BCUT2D eigenvalue weighted by Crippen LogP contribution is -2.12. The Morgan fingerprint density at radius 3 is 2.76 bits per heavy atom. The quantitative estimate of drug-likeness (QED) is 0.830. The number of nitrogens with one attached hydrogen (secondary N) is 1. The highest BCUT2D eigenvalue weighted by Crippen LogP contribution is 2.11. The van der Waals surface area contributed by atoms with Gasteiger partial charge in [-0.1, -0.05) is 11.6 Å². The van der Waals surface area contributed by atoms with E-state index in [2.05, 4.69) is 15.3 Å². The largest absolute Gasteiger partial charge is 0.321 e. The summed E-state index contributed by atoms with van der Waals surface area (Å²) in [5.74, 6) is -0.236. The summed E-state index contributed by atoms with van der Waals surface area (Å²) < 4.78 is 0. The maximum atomic E-state index is 11.8. The molecule has 4 nitrogen and oxygen atoms in total. The van der Waals surface area contributed by atoms with Crippen LogP contribution in [0, 0.1) is 6.92 Å². The van der Waals surface area contributed by atoms with Crippen LogP contribution in [-0.4, -0.2) is 15.9 Å². The molecular formula is C12H10ClN3O. The van der Waals surface area contributed by atoms with E-state index in [1.807, 2.05) is 13.0 Å². The van der Waals surface area contributed by atoms with Gasteiger partial charge in [0.25, 0.3) is 5.91 Å². The van der Waals surface area contributed by atoms with Crippen molar-refractivity contribution in [3.63, 3.8) is 0 Å². The number of rotatable bonds is 2. The van der Waals surface area contributed by atoms with E-state index in [-0.39, 0.29) is 5.91 Å². The third-order valence-corrected chi connectivity index (χ3v) is 2.36. The standard InChI is InChI=1S/C12H10ClN3O/c1-8-2-3-10(7-15-8)16-12(17)9-4-5-14-11(13)6-9/h2-7H,1H3,(H,16,17). The van der Waals surface area contributed by atoms with Crippen molar-refractivity contribution in [3.05, 3.63) is 53.1 Å². The lowest BCUT2D eigenvalue weighted by molar-refractivity contribution is 0.102. The van der Waals surface area contributed by atoms with Gasteiger partial charge >= 0.3 is 0 Å². The van der Waals surface area contributed by atoms with Gasteiger partial charge in [0.15, 0.2) is 0 Å². The minimum absolute atomic E-state index is 0.236. The maximum Gasteiger partial charge on any atom is 0.255 e. The molecule has 0 aliphatic carbocycles. The van der Waals surface area contributed by atoms with E-state index < -0.39 is 0 Å². The summed E-state index contributed by atoms with van der Waals surface area (Å²) in [5, 5.41) is 3.02. The number of anilines is 1. The number of aromatic nitrogens is 2. The summed E-state index contributed by atoms with van der Waals surface area (Å²) in [6.07, 6.45) is 3.10. The van der Waals surface area contributed by atoms with Gasteiger partial charge in [0.05, 0.1) is 11.9 Å². The molecule has 0 aromatic carbocycles. The van der Waals surface area contributed by atoms with E-state index in [0.717, 1.165) is 5.69 Å². The van der Waals surface area contributed by atoms with Gasteiger partial charge in [0.1, 0.15) is 5.15 Å². The van der Waals surface area contributed by atoms with E-state index >= 15 is 0 Å². The topological polar surface area (TPSA) is 54.9 Å². The molecule has 0 fully saturated rings. The molecular weight excluding hydrogens is 238 g/mol. The van der Waals surface area contributed by atoms with Gasteiger partial charge in [-0.05, 0) is 31.2 Å². The average Bonchev–Trinajstić information content (AvgIpc) is 2.32. The van der Waals surface area contributed by atoms with E-state index in [4.69, 9.17) is 11.6 Å². The molecule has 17 heavy (non-hydrogen) atoms. The molecule has 2 rings (SSSR count). The number of hydrogen-bond acceptors (Lipinski definition) is 3. The molecule has 2 heterocycles. The Morgan fingerprint density at radius 1 is 1.29 bits per heavy atom. The summed E-state index contributed by atoms with van der Waals surface area (Å²) in [6, 6.07) is 6.74. The molecule has 1 amide bonds. The molecule has 1 N–H and O–H groups in total. The van der Waals surface area contributed by atoms with Crippen molar-refractivity contribution in [3.8, 4) is 0 Å². The number of carbonyl (C=O) groups excluding carboxylic acids is 1. The molecule has 5 heteroatoms. The van der Waals surface area contributed by atoms with Crippen molar-refractivity contribution < 1.29 is 4.79 Å². The Morgan fingerprint density at radius 2 is 2.12 bits per heavy atom. The fourth-order valence-electron chi connectivity index (χ4n) is 1.29. The van der Waals surface area contributed by atoms with Crippen molar-refractivity contribution in [1.29, 1.82) is 0 Å². The molecule has 2 aromatic heterocycles. The monoisotopic (exact) mass is 247 g/mol. The van der Waals surface area contributed by atoms with Gasteiger partial charge < -0.3 is 5.32 Å². The Bertz CT molecular complexity index is 540. The number of halogens is 1. The van der Waals surface area contributed by atoms with Crippen LogP contribution in [0.2, 0.25) is 5.15 Å². The van der Waals surface area contributed by atoms with Crippen molar-refractivity contribution in [1.82, 2.24) is 9.97 Å². The Hall–Kier alpha value is -1.94. The first-order valence-electron chi connectivity index (χ1n) is 5.01. The Kier molecular flexibility index (Phi) is 3.35. The number of aryl methyl sites for hydroxylation is 1. The SMILES string of the molecule is Cc1ccc(NC(=O)c2ccnc(Cl)c2)cn1. The van der Waals surface area contributed by atoms with Gasteiger partial charge in [-0.3, -0.25) is 9.78 Å². The summed E-state index contributed by atoms with van der Waals surface area (Å²) in [6.45, 7) is 1.88. The van der Waals surface area contributed by atoms with Crippen molar-refractivity contribution >= 4 is 23.2 Å². The van der Waals surface area contributed by atoms with Crippen molar-refractivity contribution in [2.24, 2.45) is 0 Å². The van der Waals surface area contributed by atoms with E-state index in [1.54, 1.807) is 18.3 Å². The van der Waals surface area contributed by atoms with Crippen LogP contribution in [-0.2, 0) is 0 Å². The molecule has 0 spiro atoms. The molecule has 0 radical (unpaired) electrons. The first-order chi connectivity index (χ1) is 8.15. The fraction of sp³-hybridized carbons (Fsp3) is 0.0833. The second-order valence-corrected chi connectivity index (χ2v) is 3.90. The van der Waals surface area contributed by atoms with Gasteiger partial charge in [0, 0.05) is 17.5 Å². The highest BCUT2D eigenvalue weighted by atomic mass is 35.5. The predicted molar refractivity (Wildman–Crippen MR) is 66.2 cm³/mol. The molecule has 0 saturated carbocycles. The minimum Gasteiger partial charge on any atom is -0.321 e. The molecule has 86 valence electrons. The van der Waals surface area contributed by atoms with Gasteiger partial charge in [0.2, 0.25) is 0 Å². The highest BCUT2D eigenvalue weighted by molar-refractivity contribution is 6.29. The van der Waals surface area contributed by atoms with Gasteiger partial charge in [-0.15, -0.1) is 0 Å². The third-order valence-electron chi connectivity index (χ3n) is 2.16. The molecule has 2 aromatic rings. The molecule has 0 saturated heterocycles. The van der Waals surface area contributed by atoms with E-state index in [9.17, 15) is 4.79 Å². The normalized spacial score (nSPS) is 10.0. The summed E-state index contributed by atoms with van der Waals surface area (Å²) >= 11 is 5.71. The molecule has 0 aliphatic heterocycles. The highest BCUT2D eigenvalue weighted by Gasteiger charge is 2.06. The minimum atomic E-state index is -0.236. The Labute approximate surface area is 104 Å². The lowest BCUT2D eigenvalue weighted by atomic mass is 10.2. The van der Waals surface area contributed by atoms with Crippen LogP contribution >= 0.6 is 11.6 Å². The number of hydrogen-bond donors (Lipinski definition) is 1. The molecule has 0 bridgehead atoms. The number of pyridine rings is 2. The van der Waals surface area contributed by atoms with Gasteiger partial charge in [-0.25, -0.2) is 4.98 Å². The van der Waals surface area contributed by atoms with Crippen LogP contribution in [0.5, 0.6) is 0 Å². The van der Waals surface area contributed by atoms with Gasteiger partial charge in [-0.2, -0.15) is 0 Å². The zero-order valence-electron chi connectivity index (χ0n) is 9.14. The van der Waals surface area contributed by atoms with E-state index in [1.165, 1.54) is 12.3 Å². The zero-order chi connectivity index (χ0) is 12.3. The second kappa shape index (κ2) is 4.93. The van der Waals surface area contributed by atoms with Crippen LogP contribution in [0.25, 0.3) is 0 Å². The van der Waals surface area contributed by atoms with Crippen molar-refractivity contribution in [2.75, 3.05) is 5.32 Å². The second-order valence-electron chi connectivity index (χ2n) is 3.51. The molecule has 0 atom stereocenters. The average molecular weight is 248 g/mol. The first-order valence-corrected chi connectivity index (χ1v) is 5.38. The van der Waals surface area contributed by atoms with Crippen LogP contribution in [0.4, 0.5) is 5.69 Å². The van der Waals surface area contributed by atoms with Crippen LogP contribution in [0.15, 0.2) is 36.7 Å². The van der Waals surface area contributed by atoms with Crippen LogP contribution in [0.3, 0.4) is 0 Å². The number of carbonyl (C=O) groups is 1. The van der Waals surface area contributed by atoms with Crippen LogP contribution < -0.4 is 5.32 Å².